The van der Waals surface area contributed by atoms with Gasteiger partial charge in [0.15, 0.2) is 0 Å². The van der Waals surface area contributed by atoms with E-state index >= 15 is 0 Å². The first-order valence-corrected chi connectivity index (χ1v) is 6.73. The van der Waals surface area contributed by atoms with Crippen LogP contribution in [0.5, 0.6) is 0 Å². The second-order valence-corrected chi connectivity index (χ2v) is 5.49. The van der Waals surface area contributed by atoms with Gasteiger partial charge < -0.3 is 10.2 Å². The predicted molar refractivity (Wildman–Crippen MR) is 71.4 cm³/mol. The molecule has 1 aromatic heterocycles. The summed E-state index contributed by atoms with van der Waals surface area (Å²) in [5, 5.41) is 3.17. The highest BCUT2D eigenvalue weighted by molar-refractivity contribution is 5.55. The van der Waals surface area contributed by atoms with Crippen LogP contribution in [-0.4, -0.2) is 25.1 Å². The van der Waals surface area contributed by atoms with E-state index < -0.39 is 0 Å². The van der Waals surface area contributed by atoms with Gasteiger partial charge in [0.25, 0.3) is 0 Å². The number of nitrogens with zero attached hydrogens (tertiary/aromatic N) is 2. The zero-order chi connectivity index (χ0) is 11.7. The lowest BCUT2D eigenvalue weighted by Gasteiger charge is -2.42. The molecule has 2 aliphatic rings. The molecule has 1 aliphatic heterocycles. The minimum Gasteiger partial charge on any atom is -0.387 e. The van der Waals surface area contributed by atoms with Crippen LogP contribution in [0.3, 0.4) is 0 Å². The molecule has 2 fully saturated rings. The monoisotopic (exact) mass is 231 g/mol. The summed E-state index contributed by atoms with van der Waals surface area (Å²) in [4.78, 5) is 6.85. The van der Waals surface area contributed by atoms with E-state index in [1.54, 1.807) is 0 Å². The molecule has 0 amide bonds. The molecule has 0 radical (unpaired) electrons. The maximum atomic E-state index is 4.32. The van der Waals surface area contributed by atoms with Gasteiger partial charge in [0.1, 0.15) is 0 Å². The first-order valence-electron chi connectivity index (χ1n) is 6.73. The van der Waals surface area contributed by atoms with Gasteiger partial charge in [-0.3, -0.25) is 4.98 Å². The topological polar surface area (TPSA) is 28.2 Å². The SMILES string of the molecule is CNc1cncc(N2CC3CCCC(C3)C2)c1. The number of hydrogen-bond acceptors (Lipinski definition) is 3. The van der Waals surface area contributed by atoms with E-state index in [0.29, 0.717) is 0 Å². The average molecular weight is 231 g/mol. The first kappa shape index (κ1) is 10.9. The van der Waals surface area contributed by atoms with Crippen LogP contribution >= 0.6 is 0 Å². The summed E-state index contributed by atoms with van der Waals surface area (Å²) >= 11 is 0. The van der Waals surface area contributed by atoms with Crippen molar-refractivity contribution >= 4 is 11.4 Å². The molecule has 17 heavy (non-hydrogen) atoms. The highest BCUT2D eigenvalue weighted by Crippen LogP contribution is 2.36. The number of aromatic nitrogens is 1. The summed E-state index contributed by atoms with van der Waals surface area (Å²) in [6.07, 6.45) is 9.63. The molecule has 1 saturated carbocycles. The molecule has 3 rings (SSSR count). The molecule has 2 heterocycles. The van der Waals surface area contributed by atoms with E-state index in [9.17, 15) is 0 Å². The fraction of sp³-hybridized carbons (Fsp3) is 0.643. The van der Waals surface area contributed by atoms with Gasteiger partial charge in [-0.05, 0) is 37.2 Å². The van der Waals surface area contributed by atoms with Crippen LogP contribution < -0.4 is 10.2 Å². The molecular formula is C14H21N3. The van der Waals surface area contributed by atoms with E-state index in [-0.39, 0.29) is 0 Å². The average Bonchev–Trinajstić information content (AvgIpc) is 2.38. The summed E-state index contributed by atoms with van der Waals surface area (Å²) in [5.41, 5.74) is 2.40. The van der Waals surface area contributed by atoms with Crippen LogP contribution in [0.1, 0.15) is 25.7 Å². The van der Waals surface area contributed by atoms with Crippen LogP contribution in [0.4, 0.5) is 11.4 Å². The van der Waals surface area contributed by atoms with Crippen molar-refractivity contribution in [1.29, 1.82) is 0 Å². The van der Waals surface area contributed by atoms with Crippen LogP contribution in [0.25, 0.3) is 0 Å². The van der Waals surface area contributed by atoms with E-state index in [1.807, 2.05) is 19.4 Å². The van der Waals surface area contributed by atoms with Crippen molar-refractivity contribution in [1.82, 2.24) is 4.98 Å². The number of nitrogens with one attached hydrogen (secondary N) is 1. The summed E-state index contributed by atoms with van der Waals surface area (Å²) in [5.74, 6) is 1.83. The van der Waals surface area contributed by atoms with Gasteiger partial charge in [-0.25, -0.2) is 0 Å². The van der Waals surface area contributed by atoms with E-state index in [1.165, 1.54) is 44.5 Å². The van der Waals surface area contributed by atoms with Crippen molar-refractivity contribution in [2.75, 3.05) is 30.4 Å². The van der Waals surface area contributed by atoms with E-state index in [4.69, 9.17) is 0 Å². The zero-order valence-corrected chi connectivity index (χ0v) is 10.5. The molecule has 2 unspecified atom stereocenters. The highest BCUT2D eigenvalue weighted by atomic mass is 15.2. The Morgan fingerprint density at radius 1 is 1.24 bits per heavy atom. The second kappa shape index (κ2) is 4.55. The van der Waals surface area contributed by atoms with Crippen molar-refractivity contribution in [3.8, 4) is 0 Å². The van der Waals surface area contributed by atoms with Gasteiger partial charge in [0.2, 0.25) is 0 Å². The number of rotatable bonds is 2. The number of fused-ring (bicyclic) bond motifs is 2. The number of piperidine rings is 1. The predicted octanol–water partition coefficient (Wildman–Crippen LogP) is 2.75. The summed E-state index contributed by atoms with van der Waals surface area (Å²) in [6, 6.07) is 2.22. The summed E-state index contributed by atoms with van der Waals surface area (Å²) < 4.78 is 0. The fourth-order valence-corrected chi connectivity index (χ4v) is 3.38. The molecule has 2 bridgehead atoms. The molecule has 1 aliphatic carbocycles. The quantitative estimate of drug-likeness (QED) is 0.848. The Balaban J connectivity index is 1.79. The van der Waals surface area contributed by atoms with Gasteiger partial charge in [0, 0.05) is 20.1 Å². The van der Waals surface area contributed by atoms with E-state index in [0.717, 1.165) is 17.5 Å². The van der Waals surface area contributed by atoms with Crippen molar-refractivity contribution in [3.63, 3.8) is 0 Å². The summed E-state index contributed by atoms with van der Waals surface area (Å²) in [7, 11) is 1.95. The standard InChI is InChI=1S/C14H21N3/c1-15-13-6-14(8-16-7-13)17-9-11-3-2-4-12(5-11)10-17/h6-8,11-12,15H,2-5,9-10H2,1H3. The molecule has 3 nitrogen and oxygen atoms in total. The maximum absolute atomic E-state index is 4.32. The molecule has 92 valence electrons. The van der Waals surface area contributed by atoms with E-state index in [2.05, 4.69) is 21.3 Å². The molecule has 1 N–H and O–H groups in total. The Kier molecular flexibility index (Phi) is 2.91. The Bertz CT molecular complexity index is 379. The van der Waals surface area contributed by atoms with Crippen LogP contribution in [0, 0.1) is 11.8 Å². The van der Waals surface area contributed by atoms with Crippen molar-refractivity contribution in [2.24, 2.45) is 11.8 Å². The summed E-state index contributed by atoms with van der Waals surface area (Å²) in [6.45, 7) is 2.46. The molecule has 3 heteroatoms. The lowest BCUT2D eigenvalue weighted by atomic mass is 9.78. The van der Waals surface area contributed by atoms with Crippen LogP contribution in [-0.2, 0) is 0 Å². The van der Waals surface area contributed by atoms with Crippen LogP contribution in [0.2, 0.25) is 0 Å². The minimum absolute atomic E-state index is 0.917. The van der Waals surface area contributed by atoms with Gasteiger partial charge in [-0.1, -0.05) is 6.42 Å². The van der Waals surface area contributed by atoms with Crippen molar-refractivity contribution in [2.45, 2.75) is 25.7 Å². The van der Waals surface area contributed by atoms with Gasteiger partial charge >= 0.3 is 0 Å². The number of hydrogen-bond donors (Lipinski definition) is 1. The zero-order valence-electron chi connectivity index (χ0n) is 10.5. The largest absolute Gasteiger partial charge is 0.387 e. The molecule has 1 aromatic rings. The molecular weight excluding hydrogens is 210 g/mol. The highest BCUT2D eigenvalue weighted by Gasteiger charge is 2.30. The third-order valence-electron chi connectivity index (χ3n) is 4.23. The van der Waals surface area contributed by atoms with Crippen molar-refractivity contribution in [3.05, 3.63) is 18.5 Å². The number of pyridine rings is 1. The molecule has 2 atom stereocenters. The Morgan fingerprint density at radius 3 is 2.71 bits per heavy atom. The Hall–Kier alpha value is -1.25. The third-order valence-corrected chi connectivity index (χ3v) is 4.23. The number of anilines is 2. The van der Waals surface area contributed by atoms with Gasteiger partial charge in [-0.2, -0.15) is 0 Å². The Morgan fingerprint density at radius 2 is 2.00 bits per heavy atom. The third kappa shape index (κ3) is 2.24. The lowest BCUT2D eigenvalue weighted by molar-refractivity contribution is 0.231. The van der Waals surface area contributed by atoms with Crippen molar-refractivity contribution < 1.29 is 0 Å². The molecule has 0 aromatic carbocycles. The minimum atomic E-state index is 0.917. The van der Waals surface area contributed by atoms with Gasteiger partial charge in [-0.15, -0.1) is 0 Å². The lowest BCUT2D eigenvalue weighted by Crippen LogP contribution is -2.42. The smallest absolute Gasteiger partial charge is 0.0573 e. The Labute approximate surface area is 103 Å². The first-order chi connectivity index (χ1) is 8.35. The molecule has 1 saturated heterocycles. The van der Waals surface area contributed by atoms with Gasteiger partial charge in [0.05, 0.1) is 23.8 Å². The molecule has 0 spiro atoms. The fourth-order valence-electron chi connectivity index (χ4n) is 3.38. The normalized spacial score (nSPS) is 27.9. The van der Waals surface area contributed by atoms with Crippen LogP contribution in [0.15, 0.2) is 18.5 Å². The second-order valence-electron chi connectivity index (χ2n) is 5.49. The maximum Gasteiger partial charge on any atom is 0.0573 e.